The van der Waals surface area contributed by atoms with Crippen molar-refractivity contribution in [3.63, 3.8) is 0 Å². The van der Waals surface area contributed by atoms with Crippen molar-refractivity contribution < 1.29 is 19.4 Å². The molecular weight excluding hydrogens is 540 g/mol. The number of aliphatic hydroxyl groups excluding tert-OH is 1. The largest absolute Gasteiger partial charge is 0.507 e. The highest BCUT2D eigenvalue weighted by Gasteiger charge is 2.48. The van der Waals surface area contributed by atoms with Crippen LogP contribution in [-0.4, -0.2) is 28.4 Å². The molecule has 1 saturated heterocycles. The van der Waals surface area contributed by atoms with Crippen LogP contribution in [0.1, 0.15) is 36.6 Å². The molecule has 1 aliphatic rings. The third-order valence-electron chi connectivity index (χ3n) is 6.12. The summed E-state index contributed by atoms with van der Waals surface area (Å²) >= 11 is 4.80. The second-order valence-electron chi connectivity index (χ2n) is 8.33. The Kier molecular flexibility index (Phi) is 6.64. The molecule has 0 unspecified atom stereocenters. The normalized spacial score (nSPS) is 17.2. The van der Waals surface area contributed by atoms with Gasteiger partial charge < -0.3 is 9.84 Å². The summed E-state index contributed by atoms with van der Waals surface area (Å²) in [6.07, 6.45) is 0.884. The number of carbonyl (C=O) groups excluding carboxylic acids is 2. The zero-order valence-electron chi connectivity index (χ0n) is 19.7. The van der Waals surface area contributed by atoms with E-state index in [9.17, 15) is 14.7 Å². The van der Waals surface area contributed by atoms with Crippen LogP contribution in [0.25, 0.3) is 16.0 Å². The number of hydrogen-bond donors (Lipinski definition) is 1. The first-order valence-electron chi connectivity index (χ1n) is 11.6. The van der Waals surface area contributed by atoms with Gasteiger partial charge in [-0.25, -0.2) is 4.98 Å². The molecule has 0 aliphatic carbocycles. The van der Waals surface area contributed by atoms with E-state index >= 15 is 0 Å². The molecule has 0 bridgehead atoms. The van der Waals surface area contributed by atoms with E-state index in [-0.39, 0.29) is 11.3 Å². The number of hydrogen-bond acceptors (Lipinski definition) is 6. The summed E-state index contributed by atoms with van der Waals surface area (Å²) in [5, 5.41) is 11.7. The predicted octanol–water partition coefficient (Wildman–Crippen LogP) is 6.65. The summed E-state index contributed by atoms with van der Waals surface area (Å²) in [4.78, 5) is 32.9. The number of amides is 1. The lowest BCUT2D eigenvalue weighted by Crippen LogP contribution is -2.29. The van der Waals surface area contributed by atoms with Gasteiger partial charge in [0, 0.05) is 10.0 Å². The van der Waals surface area contributed by atoms with Crippen LogP contribution in [0.15, 0.2) is 76.8 Å². The number of thiazole rings is 1. The van der Waals surface area contributed by atoms with E-state index in [4.69, 9.17) is 4.74 Å². The van der Waals surface area contributed by atoms with Crippen molar-refractivity contribution >= 4 is 60.1 Å². The summed E-state index contributed by atoms with van der Waals surface area (Å²) in [6.45, 7) is 4.48. The standard InChI is InChI=1S/C28H23BrN2O4S/c1-3-16-5-14-21-22(15-16)36-28(30-21)31-24(17-6-10-19(29)11-7-17)23(26(33)27(31)34)25(32)18-8-12-20(13-9-18)35-4-2/h5-15,24,32H,3-4H2,1-2H3/t24-/m1/s1. The average molecular weight is 563 g/mol. The number of aliphatic hydroxyl groups is 1. The second-order valence-corrected chi connectivity index (χ2v) is 10.3. The zero-order valence-corrected chi connectivity index (χ0v) is 22.1. The number of ether oxygens (including phenoxy) is 1. The molecule has 0 radical (unpaired) electrons. The summed E-state index contributed by atoms with van der Waals surface area (Å²) in [5.74, 6) is -1.05. The monoisotopic (exact) mass is 562 g/mol. The van der Waals surface area contributed by atoms with Gasteiger partial charge in [-0.3, -0.25) is 14.5 Å². The molecule has 4 aromatic rings. The highest BCUT2D eigenvalue weighted by molar-refractivity contribution is 9.10. The molecule has 6 nitrogen and oxygen atoms in total. The first-order valence-corrected chi connectivity index (χ1v) is 13.2. The maximum Gasteiger partial charge on any atom is 0.301 e. The van der Waals surface area contributed by atoms with E-state index in [1.165, 1.54) is 21.8 Å². The summed E-state index contributed by atoms with van der Waals surface area (Å²) in [7, 11) is 0. The van der Waals surface area contributed by atoms with Crippen molar-refractivity contribution in [1.29, 1.82) is 0 Å². The third-order valence-corrected chi connectivity index (χ3v) is 7.67. The molecule has 1 aromatic heterocycles. The number of fused-ring (bicyclic) bond motifs is 1. The Labute approximate surface area is 221 Å². The number of aromatic nitrogens is 1. The van der Waals surface area contributed by atoms with E-state index in [2.05, 4.69) is 33.9 Å². The van der Waals surface area contributed by atoms with Crippen molar-refractivity contribution in [2.24, 2.45) is 0 Å². The SMILES string of the molecule is CCOc1ccc(C(O)=C2C(=O)C(=O)N(c3nc4ccc(CC)cc4s3)[C@@H]2c2ccc(Br)cc2)cc1. The Morgan fingerprint density at radius 1 is 1.06 bits per heavy atom. The molecule has 0 saturated carbocycles. The number of aryl methyl sites for hydroxylation is 1. The maximum absolute atomic E-state index is 13.4. The maximum atomic E-state index is 13.4. The van der Waals surface area contributed by atoms with Crippen molar-refractivity contribution in [1.82, 2.24) is 4.98 Å². The summed E-state index contributed by atoms with van der Waals surface area (Å²) in [6, 6.07) is 19.3. The fourth-order valence-corrected chi connectivity index (χ4v) is 5.62. The molecule has 0 spiro atoms. The van der Waals surface area contributed by atoms with Crippen LogP contribution in [0.5, 0.6) is 5.75 Å². The van der Waals surface area contributed by atoms with E-state index in [0.29, 0.717) is 28.6 Å². The van der Waals surface area contributed by atoms with Gasteiger partial charge in [-0.15, -0.1) is 0 Å². The van der Waals surface area contributed by atoms with E-state index in [1.54, 1.807) is 24.3 Å². The van der Waals surface area contributed by atoms with Gasteiger partial charge in [0.2, 0.25) is 0 Å². The smallest absolute Gasteiger partial charge is 0.301 e. The van der Waals surface area contributed by atoms with E-state index in [0.717, 1.165) is 21.1 Å². The Morgan fingerprint density at radius 2 is 1.78 bits per heavy atom. The lowest BCUT2D eigenvalue weighted by Gasteiger charge is -2.23. The number of ketones is 1. The van der Waals surface area contributed by atoms with Gasteiger partial charge in [0.25, 0.3) is 5.78 Å². The highest BCUT2D eigenvalue weighted by atomic mass is 79.9. The van der Waals surface area contributed by atoms with Crippen LogP contribution in [0.4, 0.5) is 5.13 Å². The van der Waals surface area contributed by atoms with Gasteiger partial charge in [-0.2, -0.15) is 0 Å². The van der Waals surface area contributed by atoms with Gasteiger partial charge in [0.05, 0.1) is 28.4 Å². The first-order chi connectivity index (χ1) is 17.4. The molecule has 2 heterocycles. The van der Waals surface area contributed by atoms with Crippen molar-refractivity contribution in [3.8, 4) is 5.75 Å². The third kappa shape index (κ3) is 4.31. The van der Waals surface area contributed by atoms with Crippen LogP contribution in [0.2, 0.25) is 0 Å². The van der Waals surface area contributed by atoms with Gasteiger partial charge in [0.15, 0.2) is 5.13 Å². The summed E-state index contributed by atoms with van der Waals surface area (Å²) in [5.41, 5.74) is 3.07. The highest BCUT2D eigenvalue weighted by Crippen LogP contribution is 2.44. The van der Waals surface area contributed by atoms with Crippen LogP contribution >= 0.6 is 27.3 Å². The van der Waals surface area contributed by atoms with Gasteiger partial charge in [-0.05, 0) is 73.0 Å². The number of carbonyl (C=O) groups is 2. The number of halogens is 1. The fraction of sp³-hybridized carbons (Fsp3) is 0.179. The minimum Gasteiger partial charge on any atom is -0.507 e. The average Bonchev–Trinajstić information content (AvgIpc) is 3.42. The number of anilines is 1. The Bertz CT molecular complexity index is 1490. The fourth-order valence-electron chi connectivity index (χ4n) is 4.30. The lowest BCUT2D eigenvalue weighted by molar-refractivity contribution is -0.132. The van der Waals surface area contributed by atoms with Crippen molar-refractivity contribution in [2.75, 3.05) is 11.5 Å². The molecule has 1 aliphatic heterocycles. The molecule has 1 atom stereocenters. The Balaban J connectivity index is 1.67. The number of benzene rings is 3. The number of nitrogens with zero attached hydrogens (tertiary/aromatic N) is 2. The first kappa shape index (κ1) is 24.2. The minimum absolute atomic E-state index is 0.0278. The molecule has 8 heteroatoms. The molecule has 1 fully saturated rings. The molecule has 3 aromatic carbocycles. The molecule has 182 valence electrons. The predicted molar refractivity (Wildman–Crippen MR) is 146 cm³/mol. The van der Waals surface area contributed by atoms with Crippen molar-refractivity contribution in [3.05, 3.63) is 93.5 Å². The molecule has 36 heavy (non-hydrogen) atoms. The molecule has 1 amide bonds. The molecular formula is C28H23BrN2O4S. The zero-order chi connectivity index (χ0) is 25.4. The molecule has 5 rings (SSSR count). The van der Waals surface area contributed by atoms with Crippen molar-refractivity contribution in [2.45, 2.75) is 26.3 Å². The topological polar surface area (TPSA) is 79.7 Å². The Morgan fingerprint density at radius 3 is 2.44 bits per heavy atom. The van der Waals surface area contributed by atoms with E-state index in [1.807, 2.05) is 43.3 Å². The van der Waals surface area contributed by atoms with Crippen LogP contribution in [-0.2, 0) is 16.0 Å². The van der Waals surface area contributed by atoms with Gasteiger partial charge >= 0.3 is 5.91 Å². The molecule has 1 N–H and O–H groups in total. The second kappa shape index (κ2) is 9.87. The Hall–Kier alpha value is -3.49. The summed E-state index contributed by atoms with van der Waals surface area (Å²) < 4.78 is 7.29. The van der Waals surface area contributed by atoms with Crippen LogP contribution in [0, 0.1) is 0 Å². The minimum atomic E-state index is -0.823. The van der Waals surface area contributed by atoms with Gasteiger partial charge in [-0.1, -0.05) is 52.4 Å². The van der Waals surface area contributed by atoms with Gasteiger partial charge in [0.1, 0.15) is 11.5 Å². The van der Waals surface area contributed by atoms with E-state index < -0.39 is 17.7 Å². The van der Waals surface area contributed by atoms with Crippen LogP contribution < -0.4 is 9.64 Å². The van der Waals surface area contributed by atoms with Crippen LogP contribution in [0.3, 0.4) is 0 Å². The number of rotatable bonds is 6. The number of Topliss-reactive ketones (excluding diaryl/α,β-unsaturated/α-hetero) is 1. The lowest BCUT2D eigenvalue weighted by atomic mass is 9.95. The quantitative estimate of drug-likeness (QED) is 0.162.